The lowest BCUT2D eigenvalue weighted by Crippen LogP contribution is -2.29. The van der Waals surface area contributed by atoms with Gasteiger partial charge in [0.2, 0.25) is 5.78 Å². The fourth-order valence-electron chi connectivity index (χ4n) is 2.68. The van der Waals surface area contributed by atoms with Crippen LogP contribution in [0.3, 0.4) is 0 Å². The third-order valence-electron chi connectivity index (χ3n) is 4.11. The van der Waals surface area contributed by atoms with Crippen LogP contribution in [0.4, 0.5) is 0 Å². The number of amidine groups is 1. The second-order valence-corrected chi connectivity index (χ2v) is 6.91. The molecule has 164 valence electrons. The predicted molar refractivity (Wildman–Crippen MR) is 114 cm³/mol. The molecule has 0 aliphatic carbocycles. The molecule has 31 heavy (non-hydrogen) atoms. The second-order valence-electron chi connectivity index (χ2n) is 6.91. The van der Waals surface area contributed by atoms with Crippen molar-refractivity contribution in [3.63, 3.8) is 0 Å². The van der Waals surface area contributed by atoms with E-state index in [1.807, 2.05) is 13.8 Å². The molecule has 0 fully saturated rings. The maximum Gasteiger partial charge on any atom is 0.372 e. The topological polar surface area (TPSA) is 152 Å². The molecular formula is C22H25N3O6. The van der Waals surface area contributed by atoms with Crippen molar-refractivity contribution in [1.82, 2.24) is 5.32 Å². The van der Waals surface area contributed by atoms with E-state index in [2.05, 4.69) is 5.32 Å². The number of nitrogen functional groups attached to an aromatic ring is 1. The molecule has 1 amide bonds. The Morgan fingerprint density at radius 3 is 2.48 bits per heavy atom. The van der Waals surface area contributed by atoms with Gasteiger partial charge in [-0.15, -0.1) is 0 Å². The summed E-state index contributed by atoms with van der Waals surface area (Å²) in [5.41, 5.74) is 6.59. The SMILES string of the molecule is CC(C)Oc1ccccc1C(=O)NCCOc1cc(C(=N)N)ccc1CC(=O)C(=O)O. The van der Waals surface area contributed by atoms with Gasteiger partial charge >= 0.3 is 5.97 Å². The fourth-order valence-corrected chi connectivity index (χ4v) is 2.68. The van der Waals surface area contributed by atoms with Gasteiger partial charge in [0.1, 0.15) is 23.9 Å². The van der Waals surface area contributed by atoms with Gasteiger partial charge in [0.05, 0.1) is 18.2 Å². The molecule has 0 aromatic heterocycles. The van der Waals surface area contributed by atoms with Crippen molar-refractivity contribution in [2.75, 3.05) is 13.2 Å². The van der Waals surface area contributed by atoms with Gasteiger partial charge in [0, 0.05) is 17.5 Å². The Morgan fingerprint density at radius 2 is 1.84 bits per heavy atom. The molecule has 0 aliphatic heterocycles. The number of ketones is 1. The molecule has 0 aliphatic rings. The number of hydrogen-bond donors (Lipinski definition) is 4. The fraction of sp³-hybridized carbons (Fsp3) is 0.273. The summed E-state index contributed by atoms with van der Waals surface area (Å²) in [4.78, 5) is 34.9. The third-order valence-corrected chi connectivity index (χ3v) is 4.11. The summed E-state index contributed by atoms with van der Waals surface area (Å²) in [6.45, 7) is 3.93. The Labute approximate surface area is 179 Å². The number of carboxylic acids is 1. The van der Waals surface area contributed by atoms with Gasteiger partial charge in [-0.05, 0) is 32.0 Å². The van der Waals surface area contributed by atoms with Crippen LogP contribution in [0.25, 0.3) is 0 Å². The number of carbonyl (C=O) groups is 3. The number of hydrogen-bond acceptors (Lipinski definition) is 6. The summed E-state index contributed by atoms with van der Waals surface area (Å²) in [6.07, 6.45) is -0.451. The molecule has 2 aromatic rings. The summed E-state index contributed by atoms with van der Waals surface area (Å²) in [5, 5.41) is 19.1. The molecule has 0 saturated heterocycles. The van der Waals surface area contributed by atoms with E-state index in [4.69, 9.17) is 25.7 Å². The number of carboxylic acid groups (broad SMARTS) is 1. The Kier molecular flexibility index (Phi) is 8.13. The summed E-state index contributed by atoms with van der Waals surface area (Å²) in [7, 11) is 0. The van der Waals surface area contributed by atoms with Crippen molar-refractivity contribution >= 4 is 23.5 Å². The van der Waals surface area contributed by atoms with Crippen LogP contribution in [0.2, 0.25) is 0 Å². The van der Waals surface area contributed by atoms with Crippen LogP contribution in [-0.2, 0) is 16.0 Å². The molecule has 5 N–H and O–H groups in total. The molecule has 9 nitrogen and oxygen atoms in total. The normalized spacial score (nSPS) is 10.4. The molecule has 2 rings (SSSR count). The second kappa shape index (κ2) is 10.8. The van der Waals surface area contributed by atoms with E-state index in [0.717, 1.165) is 0 Å². The van der Waals surface area contributed by atoms with Crippen LogP contribution in [0.1, 0.15) is 35.3 Å². The van der Waals surface area contributed by atoms with Gasteiger partial charge in [-0.2, -0.15) is 0 Å². The maximum absolute atomic E-state index is 12.5. The number of nitrogens with one attached hydrogen (secondary N) is 2. The lowest BCUT2D eigenvalue weighted by Gasteiger charge is -2.15. The molecule has 0 saturated carbocycles. The summed E-state index contributed by atoms with van der Waals surface area (Å²) >= 11 is 0. The summed E-state index contributed by atoms with van der Waals surface area (Å²) < 4.78 is 11.3. The van der Waals surface area contributed by atoms with Gasteiger partial charge in [0.25, 0.3) is 5.91 Å². The maximum atomic E-state index is 12.5. The van der Waals surface area contributed by atoms with Crippen LogP contribution in [0.15, 0.2) is 42.5 Å². The third kappa shape index (κ3) is 6.84. The van der Waals surface area contributed by atoms with Gasteiger partial charge < -0.3 is 25.6 Å². The first-order valence-corrected chi connectivity index (χ1v) is 9.59. The van der Waals surface area contributed by atoms with Crippen molar-refractivity contribution < 1.29 is 29.0 Å². The number of rotatable bonds is 11. The monoisotopic (exact) mass is 427 g/mol. The van der Waals surface area contributed by atoms with E-state index in [9.17, 15) is 14.4 Å². The minimum absolute atomic E-state index is 0.0502. The van der Waals surface area contributed by atoms with E-state index < -0.39 is 11.8 Å². The zero-order valence-electron chi connectivity index (χ0n) is 17.3. The lowest BCUT2D eigenvalue weighted by molar-refractivity contribution is -0.148. The highest BCUT2D eigenvalue weighted by Gasteiger charge is 2.17. The number of aliphatic carboxylic acids is 1. The zero-order chi connectivity index (χ0) is 23.0. The molecule has 2 aromatic carbocycles. The molecule has 9 heteroatoms. The van der Waals surface area contributed by atoms with Crippen LogP contribution in [-0.4, -0.2) is 47.9 Å². The molecule has 0 unspecified atom stereocenters. The molecule has 0 bridgehead atoms. The van der Waals surface area contributed by atoms with Gasteiger partial charge in [-0.25, -0.2) is 4.79 Å². The average Bonchev–Trinajstić information content (AvgIpc) is 2.71. The molecular weight excluding hydrogens is 402 g/mol. The number of ether oxygens (including phenoxy) is 2. The number of Topliss-reactive ketones (excluding diaryl/α,β-unsaturated/α-hetero) is 1. The molecule has 0 radical (unpaired) electrons. The average molecular weight is 427 g/mol. The standard InChI is InChI=1S/C22H25N3O6/c1-13(2)31-18-6-4-3-5-16(18)21(27)25-9-10-30-19-12-15(20(23)24)8-7-14(19)11-17(26)22(28)29/h3-8,12-13H,9-11H2,1-2H3,(H3,23,24)(H,25,27)(H,28,29). The minimum atomic E-state index is -1.55. The highest BCUT2D eigenvalue weighted by atomic mass is 16.5. The molecule has 0 heterocycles. The minimum Gasteiger partial charge on any atom is -0.491 e. The van der Waals surface area contributed by atoms with E-state index in [1.165, 1.54) is 18.2 Å². The largest absolute Gasteiger partial charge is 0.491 e. The number of carbonyl (C=O) groups excluding carboxylic acids is 2. The Hall–Kier alpha value is -3.88. The van der Waals surface area contributed by atoms with Crippen molar-refractivity contribution in [3.05, 3.63) is 59.2 Å². The number of amides is 1. The van der Waals surface area contributed by atoms with Crippen molar-refractivity contribution in [1.29, 1.82) is 5.41 Å². The highest BCUT2D eigenvalue weighted by molar-refractivity contribution is 6.33. The smallest absolute Gasteiger partial charge is 0.372 e. The van der Waals surface area contributed by atoms with Gasteiger partial charge in [0.15, 0.2) is 0 Å². The van der Waals surface area contributed by atoms with Gasteiger partial charge in [-0.1, -0.05) is 24.3 Å². The first-order chi connectivity index (χ1) is 14.7. The van der Waals surface area contributed by atoms with E-state index >= 15 is 0 Å². The van der Waals surface area contributed by atoms with Crippen molar-refractivity contribution in [3.8, 4) is 11.5 Å². The molecule has 0 atom stereocenters. The van der Waals surface area contributed by atoms with E-state index in [0.29, 0.717) is 22.4 Å². The van der Waals surface area contributed by atoms with Crippen LogP contribution >= 0.6 is 0 Å². The van der Waals surface area contributed by atoms with Crippen LogP contribution in [0.5, 0.6) is 11.5 Å². The first kappa shape index (κ1) is 23.4. The Morgan fingerprint density at radius 1 is 1.13 bits per heavy atom. The Balaban J connectivity index is 2.04. The number of para-hydroxylation sites is 1. The van der Waals surface area contributed by atoms with Crippen LogP contribution in [0, 0.1) is 5.41 Å². The highest BCUT2D eigenvalue weighted by Crippen LogP contribution is 2.22. The summed E-state index contributed by atoms with van der Waals surface area (Å²) in [5.74, 6) is -2.37. The number of nitrogens with two attached hydrogens (primary N) is 1. The first-order valence-electron chi connectivity index (χ1n) is 9.59. The predicted octanol–water partition coefficient (Wildman–Crippen LogP) is 1.76. The quantitative estimate of drug-likeness (QED) is 0.184. The van der Waals surface area contributed by atoms with E-state index in [1.54, 1.807) is 24.3 Å². The molecule has 0 spiro atoms. The van der Waals surface area contributed by atoms with Gasteiger partial charge in [-0.3, -0.25) is 15.0 Å². The van der Waals surface area contributed by atoms with Crippen LogP contribution < -0.4 is 20.5 Å². The summed E-state index contributed by atoms with van der Waals surface area (Å²) in [6, 6.07) is 11.3. The lowest BCUT2D eigenvalue weighted by atomic mass is 10.0. The zero-order valence-corrected chi connectivity index (χ0v) is 17.3. The van der Waals surface area contributed by atoms with E-state index in [-0.39, 0.29) is 43.2 Å². The Bertz CT molecular complexity index is 987. The number of benzene rings is 2. The van der Waals surface area contributed by atoms with Crippen molar-refractivity contribution in [2.24, 2.45) is 5.73 Å². The van der Waals surface area contributed by atoms with Crippen molar-refractivity contribution in [2.45, 2.75) is 26.4 Å².